The van der Waals surface area contributed by atoms with Crippen LogP contribution in [-0.2, 0) is 25.7 Å². The van der Waals surface area contributed by atoms with Crippen molar-refractivity contribution < 1.29 is 28.7 Å². The number of carbonyl (C=O) groups excluding carboxylic acids is 2. The molecule has 32 heavy (non-hydrogen) atoms. The van der Waals surface area contributed by atoms with Crippen molar-refractivity contribution in [2.24, 2.45) is 0 Å². The predicted octanol–water partition coefficient (Wildman–Crippen LogP) is 4.36. The number of carbonyl (C=O) groups is 2. The largest absolute Gasteiger partial charge is 0.489 e. The highest BCUT2D eigenvalue weighted by molar-refractivity contribution is 6.18. The van der Waals surface area contributed by atoms with Crippen LogP contribution >= 0.6 is 0 Å². The normalized spacial score (nSPS) is 15.5. The highest BCUT2D eigenvalue weighted by Gasteiger charge is 2.34. The van der Waals surface area contributed by atoms with Gasteiger partial charge in [0.2, 0.25) is 0 Å². The van der Waals surface area contributed by atoms with Gasteiger partial charge in [-0.3, -0.25) is 10.1 Å². The molecule has 3 aromatic rings. The van der Waals surface area contributed by atoms with E-state index in [0.717, 1.165) is 5.56 Å². The van der Waals surface area contributed by atoms with E-state index in [2.05, 4.69) is 0 Å². The van der Waals surface area contributed by atoms with Crippen LogP contribution in [0, 0.1) is 10.1 Å². The second-order valence-electron chi connectivity index (χ2n) is 6.89. The topological polar surface area (TPSA) is 105 Å². The summed E-state index contributed by atoms with van der Waals surface area (Å²) >= 11 is 0. The molecule has 0 amide bonds. The quantitative estimate of drug-likeness (QED) is 0.188. The Morgan fingerprint density at radius 1 is 0.875 bits per heavy atom. The van der Waals surface area contributed by atoms with Gasteiger partial charge in [0.25, 0.3) is 12.0 Å². The molecule has 0 saturated carbocycles. The number of nitro benzene ring substituents is 1. The summed E-state index contributed by atoms with van der Waals surface area (Å²) in [5.74, 6) is -0.953. The lowest BCUT2D eigenvalue weighted by molar-refractivity contribution is -0.384. The number of benzene rings is 3. The number of esters is 2. The van der Waals surface area contributed by atoms with Crippen molar-refractivity contribution in [2.45, 2.75) is 12.9 Å². The minimum Gasteiger partial charge on any atom is -0.489 e. The lowest BCUT2D eigenvalue weighted by Gasteiger charge is -2.23. The van der Waals surface area contributed by atoms with Gasteiger partial charge in [-0.05, 0) is 41.5 Å². The summed E-state index contributed by atoms with van der Waals surface area (Å²) in [7, 11) is 0. The minimum atomic E-state index is -1.07. The van der Waals surface area contributed by atoms with Crippen LogP contribution in [0.4, 0.5) is 5.69 Å². The summed E-state index contributed by atoms with van der Waals surface area (Å²) in [6, 6.07) is 21.5. The first kappa shape index (κ1) is 20.8. The molecule has 0 atom stereocenters. The number of nitro groups is 1. The van der Waals surface area contributed by atoms with Crippen LogP contribution in [0.3, 0.4) is 0 Å². The van der Waals surface area contributed by atoms with Crippen molar-refractivity contribution in [3.8, 4) is 5.75 Å². The molecular weight excluding hydrogens is 414 g/mol. The summed E-state index contributed by atoms with van der Waals surface area (Å²) in [6.07, 6.45) is 0.329. The number of nitrogens with zero attached hydrogens (tertiary/aromatic N) is 1. The van der Waals surface area contributed by atoms with E-state index in [0.29, 0.717) is 16.9 Å². The molecule has 1 saturated heterocycles. The van der Waals surface area contributed by atoms with Crippen molar-refractivity contribution in [1.82, 2.24) is 0 Å². The molecule has 3 aromatic carbocycles. The number of hydrogen-bond acceptors (Lipinski definition) is 7. The van der Waals surface area contributed by atoms with Gasteiger partial charge in [0.1, 0.15) is 17.9 Å². The number of ether oxygens (including phenoxy) is 3. The molecule has 1 fully saturated rings. The zero-order valence-electron chi connectivity index (χ0n) is 16.7. The second kappa shape index (κ2) is 9.13. The van der Waals surface area contributed by atoms with Gasteiger partial charge < -0.3 is 14.2 Å². The monoisotopic (exact) mass is 431 g/mol. The van der Waals surface area contributed by atoms with Crippen molar-refractivity contribution >= 4 is 23.7 Å². The summed E-state index contributed by atoms with van der Waals surface area (Å²) in [4.78, 5) is 34.9. The molecule has 0 bridgehead atoms. The maximum atomic E-state index is 12.3. The first-order valence-corrected chi connectivity index (χ1v) is 9.64. The molecular formula is C24H17NO7. The Morgan fingerprint density at radius 3 is 2.09 bits per heavy atom. The van der Waals surface area contributed by atoms with Gasteiger partial charge in [0.05, 0.1) is 4.92 Å². The molecule has 0 spiro atoms. The van der Waals surface area contributed by atoms with Crippen LogP contribution in [-0.4, -0.2) is 16.9 Å². The molecule has 0 N–H and O–H groups in total. The third-order valence-electron chi connectivity index (χ3n) is 4.68. The standard InChI is InChI=1S/C24H17NO7/c26-22-21(23(27)32-24(31-22)18-4-2-1-3-5-18)14-16-8-12-20(13-9-16)30-15-17-6-10-19(11-7-17)25(28)29/h1-14,24H,15H2. The Balaban J connectivity index is 1.39. The van der Waals surface area contributed by atoms with E-state index >= 15 is 0 Å². The molecule has 160 valence electrons. The highest BCUT2D eigenvalue weighted by Crippen LogP contribution is 2.28. The zero-order chi connectivity index (χ0) is 22.5. The molecule has 8 nitrogen and oxygen atoms in total. The SMILES string of the molecule is O=C1OC(c2ccccc2)OC(=O)C1=Cc1ccc(OCc2ccc([N+](=O)[O-])cc2)cc1. The van der Waals surface area contributed by atoms with E-state index in [1.807, 2.05) is 0 Å². The fourth-order valence-electron chi connectivity index (χ4n) is 3.00. The van der Waals surface area contributed by atoms with Gasteiger partial charge in [-0.1, -0.05) is 42.5 Å². The van der Waals surface area contributed by atoms with Crippen molar-refractivity contribution in [1.29, 1.82) is 0 Å². The lowest BCUT2D eigenvalue weighted by atomic mass is 10.1. The fourth-order valence-corrected chi connectivity index (χ4v) is 3.00. The molecule has 0 radical (unpaired) electrons. The Morgan fingerprint density at radius 2 is 1.50 bits per heavy atom. The average Bonchev–Trinajstić information content (AvgIpc) is 2.81. The van der Waals surface area contributed by atoms with Gasteiger partial charge in [-0.15, -0.1) is 0 Å². The van der Waals surface area contributed by atoms with E-state index < -0.39 is 23.2 Å². The smallest absolute Gasteiger partial charge is 0.348 e. The minimum absolute atomic E-state index is 0.0148. The number of rotatable bonds is 6. The van der Waals surface area contributed by atoms with Crippen LogP contribution in [0.15, 0.2) is 84.4 Å². The summed E-state index contributed by atoms with van der Waals surface area (Å²) in [5, 5.41) is 10.7. The van der Waals surface area contributed by atoms with Gasteiger partial charge in [-0.2, -0.15) is 0 Å². The van der Waals surface area contributed by atoms with Crippen LogP contribution in [0.5, 0.6) is 5.75 Å². The third kappa shape index (κ3) is 4.81. The second-order valence-corrected chi connectivity index (χ2v) is 6.89. The summed E-state index contributed by atoms with van der Waals surface area (Å²) in [6.45, 7) is 0.234. The van der Waals surface area contributed by atoms with Crippen LogP contribution in [0.2, 0.25) is 0 Å². The van der Waals surface area contributed by atoms with E-state index in [-0.39, 0.29) is 17.9 Å². The van der Waals surface area contributed by atoms with Gasteiger partial charge in [-0.25, -0.2) is 9.59 Å². The lowest BCUT2D eigenvalue weighted by Crippen LogP contribution is -2.29. The molecule has 0 aromatic heterocycles. The zero-order valence-corrected chi connectivity index (χ0v) is 16.7. The van der Waals surface area contributed by atoms with E-state index in [1.54, 1.807) is 66.7 Å². The number of cyclic esters (lactones) is 2. The molecule has 0 unspecified atom stereocenters. The van der Waals surface area contributed by atoms with E-state index in [9.17, 15) is 19.7 Å². The number of hydrogen-bond donors (Lipinski definition) is 0. The van der Waals surface area contributed by atoms with Crippen LogP contribution < -0.4 is 4.74 Å². The fraction of sp³-hybridized carbons (Fsp3) is 0.0833. The highest BCUT2D eigenvalue weighted by atomic mass is 16.7. The van der Waals surface area contributed by atoms with E-state index in [4.69, 9.17) is 14.2 Å². The van der Waals surface area contributed by atoms with Crippen molar-refractivity contribution in [3.05, 3.63) is 111 Å². The molecule has 8 heteroatoms. The number of non-ortho nitro benzene ring substituents is 1. The molecule has 1 heterocycles. The first-order valence-electron chi connectivity index (χ1n) is 9.64. The maximum absolute atomic E-state index is 12.3. The first-order chi connectivity index (χ1) is 15.5. The average molecular weight is 431 g/mol. The third-order valence-corrected chi connectivity index (χ3v) is 4.68. The molecule has 1 aliphatic heterocycles. The summed E-state index contributed by atoms with van der Waals surface area (Å²) < 4.78 is 16.2. The van der Waals surface area contributed by atoms with Gasteiger partial charge >= 0.3 is 11.9 Å². The molecule has 1 aliphatic rings. The van der Waals surface area contributed by atoms with E-state index in [1.165, 1.54) is 18.2 Å². The molecule has 0 aliphatic carbocycles. The maximum Gasteiger partial charge on any atom is 0.348 e. The van der Waals surface area contributed by atoms with Gasteiger partial charge in [0, 0.05) is 17.7 Å². The Bertz CT molecular complexity index is 1150. The van der Waals surface area contributed by atoms with Crippen molar-refractivity contribution in [3.63, 3.8) is 0 Å². The van der Waals surface area contributed by atoms with Crippen LogP contribution in [0.25, 0.3) is 6.08 Å². The van der Waals surface area contributed by atoms with Gasteiger partial charge in [0.15, 0.2) is 0 Å². The van der Waals surface area contributed by atoms with Crippen molar-refractivity contribution in [2.75, 3.05) is 0 Å². The summed E-state index contributed by atoms with van der Waals surface area (Å²) in [5.41, 5.74) is 1.76. The Labute approximate surface area is 182 Å². The Kier molecular flexibility index (Phi) is 5.94. The molecule has 4 rings (SSSR count). The predicted molar refractivity (Wildman–Crippen MR) is 113 cm³/mol. The Hall–Kier alpha value is -4.46. The van der Waals surface area contributed by atoms with Crippen LogP contribution in [0.1, 0.15) is 23.0 Å².